The summed E-state index contributed by atoms with van der Waals surface area (Å²) in [7, 11) is 0. The van der Waals surface area contributed by atoms with E-state index >= 15 is 0 Å². The molecule has 0 radical (unpaired) electrons. The number of pyridine rings is 1. The molecule has 1 fully saturated rings. The highest BCUT2D eigenvalue weighted by atomic mass is 32.1. The smallest absolute Gasteiger partial charge is 0.397 e. The van der Waals surface area contributed by atoms with Crippen LogP contribution < -0.4 is 11.1 Å². The normalized spacial score (nSPS) is 15.4. The Morgan fingerprint density at radius 3 is 2.71 bits per heavy atom. The fourth-order valence-corrected chi connectivity index (χ4v) is 3.18. The Bertz CT molecular complexity index is 734. The lowest BCUT2D eigenvalue weighted by atomic mass is 10.1. The summed E-state index contributed by atoms with van der Waals surface area (Å²) >= 11 is 0.898. The zero-order valence-corrected chi connectivity index (χ0v) is 11.9. The van der Waals surface area contributed by atoms with E-state index in [0.717, 1.165) is 30.2 Å². The number of amides is 1. The lowest BCUT2D eigenvalue weighted by molar-refractivity contribution is -0.141. The van der Waals surface area contributed by atoms with Gasteiger partial charge in [-0.3, -0.25) is 4.79 Å². The Balaban J connectivity index is 2.10. The van der Waals surface area contributed by atoms with Crippen molar-refractivity contribution in [1.82, 2.24) is 10.3 Å². The summed E-state index contributed by atoms with van der Waals surface area (Å²) in [6.07, 6.45) is -2.67. The standard InChI is InChI=1S/C13H12F3N3OS/c1-5-4-7(13(14,15)16)19-12-8(5)9(17)10(21-12)11(20)18-6-2-3-6/h4,6H,2-3,17H2,1H3,(H,18,20). The first kappa shape index (κ1) is 14.1. The first-order valence-corrected chi connectivity index (χ1v) is 7.16. The number of alkyl halides is 3. The first-order chi connectivity index (χ1) is 9.77. The van der Waals surface area contributed by atoms with Gasteiger partial charge in [0.2, 0.25) is 0 Å². The van der Waals surface area contributed by atoms with Gasteiger partial charge in [-0.05, 0) is 31.4 Å². The van der Waals surface area contributed by atoms with E-state index in [1.165, 1.54) is 6.92 Å². The Hall–Kier alpha value is -1.83. The van der Waals surface area contributed by atoms with Crippen LogP contribution >= 0.6 is 11.3 Å². The summed E-state index contributed by atoms with van der Waals surface area (Å²) in [6.45, 7) is 1.53. The third-order valence-electron chi connectivity index (χ3n) is 3.31. The van der Waals surface area contributed by atoms with Crippen molar-refractivity contribution in [3.8, 4) is 0 Å². The van der Waals surface area contributed by atoms with Crippen LogP contribution in [0.15, 0.2) is 6.07 Å². The molecule has 3 N–H and O–H groups in total. The minimum absolute atomic E-state index is 0.140. The molecular weight excluding hydrogens is 303 g/mol. The van der Waals surface area contributed by atoms with Crippen LogP contribution in [-0.4, -0.2) is 16.9 Å². The monoisotopic (exact) mass is 315 g/mol. The molecule has 1 aliphatic rings. The quantitative estimate of drug-likeness (QED) is 0.895. The number of nitrogens with one attached hydrogen (secondary N) is 1. The molecule has 0 aliphatic heterocycles. The fourth-order valence-electron chi connectivity index (χ4n) is 2.10. The number of hydrogen-bond acceptors (Lipinski definition) is 4. The average Bonchev–Trinajstić information content (AvgIpc) is 3.10. The van der Waals surface area contributed by atoms with Gasteiger partial charge in [-0.15, -0.1) is 11.3 Å². The maximum atomic E-state index is 12.8. The molecule has 2 aromatic heterocycles. The van der Waals surface area contributed by atoms with Gasteiger partial charge in [0.1, 0.15) is 15.4 Å². The molecule has 112 valence electrons. The Labute approximate surface area is 122 Å². The Morgan fingerprint density at radius 1 is 1.48 bits per heavy atom. The van der Waals surface area contributed by atoms with E-state index < -0.39 is 11.9 Å². The van der Waals surface area contributed by atoms with Gasteiger partial charge < -0.3 is 11.1 Å². The molecule has 3 rings (SSSR count). The SMILES string of the molecule is Cc1cc(C(F)(F)F)nc2sc(C(=O)NC3CC3)c(N)c12. The van der Waals surface area contributed by atoms with Crippen LogP contribution in [0.25, 0.3) is 10.2 Å². The largest absolute Gasteiger partial charge is 0.433 e. The van der Waals surface area contributed by atoms with Crippen molar-refractivity contribution in [2.45, 2.75) is 32.0 Å². The number of fused-ring (bicyclic) bond motifs is 1. The van der Waals surface area contributed by atoms with Crippen LogP contribution in [0.2, 0.25) is 0 Å². The van der Waals surface area contributed by atoms with Crippen LogP contribution in [0.1, 0.15) is 33.8 Å². The number of nitrogens with zero attached hydrogens (tertiary/aromatic N) is 1. The molecular formula is C13H12F3N3OS. The van der Waals surface area contributed by atoms with Gasteiger partial charge >= 0.3 is 6.18 Å². The highest BCUT2D eigenvalue weighted by Crippen LogP contribution is 2.38. The van der Waals surface area contributed by atoms with Gasteiger partial charge in [0.05, 0.1) is 5.69 Å². The topological polar surface area (TPSA) is 68.0 Å². The van der Waals surface area contributed by atoms with Crippen molar-refractivity contribution in [1.29, 1.82) is 0 Å². The summed E-state index contributed by atoms with van der Waals surface area (Å²) in [5.74, 6) is -0.342. The summed E-state index contributed by atoms with van der Waals surface area (Å²) in [4.78, 5) is 16.0. The lowest BCUT2D eigenvalue weighted by Gasteiger charge is -2.07. The highest BCUT2D eigenvalue weighted by Gasteiger charge is 2.34. The van der Waals surface area contributed by atoms with Crippen molar-refractivity contribution in [2.24, 2.45) is 0 Å². The maximum absolute atomic E-state index is 12.8. The predicted octanol–water partition coefficient (Wildman–Crippen LogP) is 3.10. The molecule has 2 heterocycles. The van der Waals surface area contributed by atoms with E-state index in [1.807, 2.05) is 0 Å². The van der Waals surface area contributed by atoms with Crippen molar-refractivity contribution in [3.05, 3.63) is 22.2 Å². The van der Waals surface area contributed by atoms with Gasteiger partial charge in [0.25, 0.3) is 5.91 Å². The summed E-state index contributed by atoms with van der Waals surface area (Å²) in [6, 6.07) is 1.11. The molecule has 0 atom stereocenters. The lowest BCUT2D eigenvalue weighted by Crippen LogP contribution is -2.25. The molecule has 2 aromatic rings. The molecule has 0 unspecified atom stereocenters. The Kier molecular flexibility index (Phi) is 3.09. The van der Waals surface area contributed by atoms with E-state index in [9.17, 15) is 18.0 Å². The second-order valence-electron chi connectivity index (χ2n) is 5.09. The van der Waals surface area contributed by atoms with Gasteiger partial charge in [-0.25, -0.2) is 4.98 Å². The highest BCUT2D eigenvalue weighted by molar-refractivity contribution is 7.21. The zero-order chi connectivity index (χ0) is 15.4. The molecule has 0 bridgehead atoms. The van der Waals surface area contributed by atoms with Gasteiger partial charge in [0.15, 0.2) is 0 Å². The number of thiophene rings is 1. The fraction of sp³-hybridized carbons (Fsp3) is 0.385. The number of nitrogens with two attached hydrogens (primary N) is 1. The van der Waals surface area contributed by atoms with E-state index in [2.05, 4.69) is 10.3 Å². The summed E-state index contributed by atoms with van der Waals surface area (Å²) in [5.41, 5.74) is 5.52. The Morgan fingerprint density at radius 2 is 2.14 bits per heavy atom. The van der Waals surface area contributed by atoms with Crippen molar-refractivity contribution in [3.63, 3.8) is 0 Å². The number of aromatic nitrogens is 1. The molecule has 0 saturated heterocycles. The number of halogens is 3. The van der Waals surface area contributed by atoms with Crippen LogP contribution in [0, 0.1) is 6.92 Å². The average molecular weight is 315 g/mol. The third kappa shape index (κ3) is 2.55. The molecule has 1 amide bonds. The van der Waals surface area contributed by atoms with E-state index in [1.54, 1.807) is 0 Å². The maximum Gasteiger partial charge on any atom is 0.433 e. The summed E-state index contributed by atoms with van der Waals surface area (Å²) in [5, 5.41) is 3.20. The number of nitrogen functional groups attached to an aromatic ring is 1. The number of anilines is 1. The zero-order valence-electron chi connectivity index (χ0n) is 11.0. The van der Waals surface area contributed by atoms with Crippen LogP contribution in [0.5, 0.6) is 0 Å². The van der Waals surface area contributed by atoms with E-state index in [4.69, 9.17) is 5.73 Å². The van der Waals surface area contributed by atoms with Gasteiger partial charge in [-0.1, -0.05) is 0 Å². The number of rotatable bonds is 2. The molecule has 1 saturated carbocycles. The molecule has 21 heavy (non-hydrogen) atoms. The molecule has 4 nitrogen and oxygen atoms in total. The van der Waals surface area contributed by atoms with Gasteiger partial charge in [0, 0.05) is 11.4 Å². The van der Waals surface area contributed by atoms with E-state index in [0.29, 0.717) is 10.9 Å². The minimum atomic E-state index is -4.52. The van der Waals surface area contributed by atoms with Crippen LogP contribution in [0.4, 0.5) is 18.9 Å². The van der Waals surface area contributed by atoms with Gasteiger partial charge in [-0.2, -0.15) is 13.2 Å². The molecule has 1 aliphatic carbocycles. The van der Waals surface area contributed by atoms with E-state index in [-0.39, 0.29) is 27.3 Å². The number of carbonyl (C=O) groups excluding carboxylic acids is 1. The number of aryl methyl sites for hydroxylation is 1. The second-order valence-corrected chi connectivity index (χ2v) is 6.09. The summed E-state index contributed by atoms with van der Waals surface area (Å²) < 4.78 is 38.3. The predicted molar refractivity (Wildman–Crippen MR) is 74.3 cm³/mol. The van der Waals surface area contributed by atoms with Crippen LogP contribution in [-0.2, 0) is 6.18 Å². The van der Waals surface area contributed by atoms with Crippen molar-refractivity contribution < 1.29 is 18.0 Å². The van der Waals surface area contributed by atoms with Crippen molar-refractivity contribution >= 4 is 33.1 Å². The second kappa shape index (κ2) is 4.59. The first-order valence-electron chi connectivity index (χ1n) is 6.35. The number of hydrogen-bond donors (Lipinski definition) is 2. The van der Waals surface area contributed by atoms with Crippen LogP contribution in [0.3, 0.4) is 0 Å². The minimum Gasteiger partial charge on any atom is -0.397 e. The molecule has 8 heteroatoms. The molecule has 0 aromatic carbocycles. The van der Waals surface area contributed by atoms with Crippen molar-refractivity contribution in [2.75, 3.05) is 5.73 Å². The molecule has 0 spiro atoms. The number of carbonyl (C=O) groups is 1. The third-order valence-corrected chi connectivity index (χ3v) is 4.40.